The third-order valence-electron chi connectivity index (χ3n) is 5.98. The van der Waals surface area contributed by atoms with Crippen LogP contribution in [0.1, 0.15) is 47.1 Å². The summed E-state index contributed by atoms with van der Waals surface area (Å²) in [5, 5.41) is 9.08. The molecular formula is C29H39NO9S3. The highest BCUT2D eigenvalue weighted by Crippen LogP contribution is 2.20. The van der Waals surface area contributed by atoms with Crippen molar-refractivity contribution >= 4 is 35.2 Å². The number of nitrogens with zero attached hydrogens (tertiary/aromatic N) is 1. The lowest BCUT2D eigenvalue weighted by Crippen LogP contribution is -2.13. The summed E-state index contributed by atoms with van der Waals surface area (Å²) in [6.45, 7) is 11.8. The van der Waals surface area contributed by atoms with E-state index in [1.807, 2.05) is 19.1 Å². The van der Waals surface area contributed by atoms with Crippen molar-refractivity contribution in [1.29, 1.82) is 0 Å². The van der Waals surface area contributed by atoms with E-state index in [2.05, 4.69) is 0 Å². The summed E-state index contributed by atoms with van der Waals surface area (Å²) in [7, 11) is -8.05. The Morgan fingerprint density at radius 3 is 1.12 bits per heavy atom. The lowest BCUT2D eigenvalue weighted by Gasteiger charge is -2.07. The molecule has 0 atom stereocenters. The molecule has 0 bridgehead atoms. The number of methoxy groups -OCH3 is 1. The third-order valence-corrected chi connectivity index (χ3v) is 12.5. The summed E-state index contributed by atoms with van der Waals surface area (Å²) in [6, 6.07) is 18.3. The van der Waals surface area contributed by atoms with Crippen LogP contribution in [0.15, 0.2) is 87.5 Å². The molecule has 3 aromatic rings. The predicted molar refractivity (Wildman–Crippen MR) is 164 cm³/mol. The molecule has 0 heterocycles. The van der Waals surface area contributed by atoms with Gasteiger partial charge < -0.3 is 4.74 Å². The monoisotopic (exact) mass is 641 g/mol. The number of non-ortho nitro benzene ring substituents is 1. The highest BCUT2D eigenvalue weighted by molar-refractivity contribution is 7.92. The zero-order chi connectivity index (χ0) is 32.5. The van der Waals surface area contributed by atoms with E-state index in [4.69, 9.17) is 4.74 Å². The number of nitro benzene ring substituents is 1. The van der Waals surface area contributed by atoms with Crippen molar-refractivity contribution in [1.82, 2.24) is 0 Å². The van der Waals surface area contributed by atoms with E-state index >= 15 is 0 Å². The average Bonchev–Trinajstić information content (AvgIpc) is 2.93. The summed E-state index contributed by atoms with van der Waals surface area (Å²) in [4.78, 5) is 10.7. The zero-order valence-corrected chi connectivity index (χ0v) is 27.5. The lowest BCUT2D eigenvalue weighted by atomic mass is 10.2. The Hall–Kier alpha value is -3.29. The molecule has 0 amide bonds. The maximum atomic E-state index is 11.7. The van der Waals surface area contributed by atoms with Gasteiger partial charge in [-0.2, -0.15) is 0 Å². The van der Waals surface area contributed by atoms with Crippen LogP contribution in [0.4, 0.5) is 5.69 Å². The second kappa shape index (κ2) is 15.3. The fourth-order valence-corrected chi connectivity index (χ4v) is 6.25. The summed E-state index contributed by atoms with van der Waals surface area (Å²) in [6.07, 6.45) is 0. The molecule has 232 valence electrons. The van der Waals surface area contributed by atoms with Crippen molar-refractivity contribution in [2.24, 2.45) is 0 Å². The molecule has 0 saturated carbocycles. The first kappa shape index (κ1) is 36.7. The summed E-state index contributed by atoms with van der Waals surface area (Å²) >= 11 is 0. The fourth-order valence-electron chi connectivity index (χ4n) is 3.07. The molecular weight excluding hydrogens is 603 g/mol. The van der Waals surface area contributed by atoms with Crippen LogP contribution < -0.4 is 4.74 Å². The minimum Gasteiger partial charge on any atom is -0.497 e. The first-order valence-electron chi connectivity index (χ1n) is 12.9. The highest BCUT2D eigenvalue weighted by Gasteiger charge is 2.20. The predicted octanol–water partition coefficient (Wildman–Crippen LogP) is 5.83. The molecule has 0 unspecified atom stereocenters. The molecule has 0 aliphatic carbocycles. The molecule has 0 fully saturated rings. The lowest BCUT2D eigenvalue weighted by molar-refractivity contribution is -0.384. The first-order valence-corrected chi connectivity index (χ1v) is 17.6. The van der Waals surface area contributed by atoms with E-state index < -0.39 is 44.9 Å². The van der Waals surface area contributed by atoms with Crippen LogP contribution in [0.2, 0.25) is 0 Å². The zero-order valence-electron chi connectivity index (χ0n) is 25.0. The minimum atomic E-state index is -3.34. The second-order valence-electron chi connectivity index (χ2n) is 10.0. The molecule has 0 saturated heterocycles. The van der Waals surface area contributed by atoms with Gasteiger partial charge in [0.2, 0.25) is 0 Å². The Kier molecular flexibility index (Phi) is 13.3. The Balaban J connectivity index is 0.000000316. The molecule has 0 radical (unpaired) electrons. The third kappa shape index (κ3) is 9.92. The SMILES string of the molecule is CC(C)S(=O)(=O)c1ccc([N+](=O)[O-])cc1.COc1ccc(S(=O)(=O)C(C)C)cc1.Cc1ccc(S(=O)(=O)C(C)C)cc1. The molecule has 0 aliphatic heterocycles. The number of benzene rings is 3. The molecule has 0 N–H and O–H groups in total. The molecule has 0 aromatic heterocycles. The van der Waals surface area contributed by atoms with E-state index in [0.717, 1.165) is 5.56 Å². The van der Waals surface area contributed by atoms with Crippen LogP contribution in [-0.2, 0) is 29.5 Å². The fraction of sp³-hybridized carbons (Fsp3) is 0.379. The Morgan fingerprint density at radius 1 is 0.571 bits per heavy atom. The van der Waals surface area contributed by atoms with E-state index in [1.54, 1.807) is 85.1 Å². The van der Waals surface area contributed by atoms with Gasteiger partial charge in [-0.15, -0.1) is 0 Å². The minimum absolute atomic E-state index is 0.113. The Morgan fingerprint density at radius 2 is 0.857 bits per heavy atom. The van der Waals surface area contributed by atoms with Gasteiger partial charge in [-0.1, -0.05) is 17.7 Å². The number of ether oxygens (including phenoxy) is 1. The maximum absolute atomic E-state index is 11.7. The average molecular weight is 642 g/mol. The number of nitro groups is 1. The van der Waals surface area contributed by atoms with Crippen molar-refractivity contribution in [3.63, 3.8) is 0 Å². The molecule has 0 aliphatic rings. The quantitative estimate of drug-likeness (QED) is 0.218. The molecule has 42 heavy (non-hydrogen) atoms. The van der Waals surface area contributed by atoms with E-state index in [-0.39, 0.29) is 15.8 Å². The van der Waals surface area contributed by atoms with Crippen molar-refractivity contribution in [2.45, 2.75) is 78.9 Å². The molecule has 13 heteroatoms. The van der Waals surface area contributed by atoms with Crippen LogP contribution in [0.25, 0.3) is 0 Å². The Bertz CT molecular complexity index is 1630. The van der Waals surface area contributed by atoms with Gasteiger partial charge >= 0.3 is 0 Å². The largest absolute Gasteiger partial charge is 0.497 e. The van der Waals surface area contributed by atoms with Crippen molar-refractivity contribution in [2.75, 3.05) is 7.11 Å². The second-order valence-corrected chi connectivity index (χ2v) is 17.5. The summed E-state index contributed by atoms with van der Waals surface area (Å²) in [5.41, 5.74) is 0.959. The molecule has 10 nitrogen and oxygen atoms in total. The molecule has 3 aromatic carbocycles. The van der Waals surface area contributed by atoms with Gasteiger partial charge in [0.1, 0.15) is 5.75 Å². The molecule has 3 rings (SSSR count). The van der Waals surface area contributed by atoms with Crippen LogP contribution in [0, 0.1) is 17.0 Å². The van der Waals surface area contributed by atoms with E-state index in [0.29, 0.717) is 15.5 Å². The summed E-state index contributed by atoms with van der Waals surface area (Å²) in [5.74, 6) is 0.660. The number of rotatable bonds is 8. The number of hydrogen-bond donors (Lipinski definition) is 0. The van der Waals surface area contributed by atoms with Gasteiger partial charge in [0, 0.05) is 12.1 Å². The van der Waals surface area contributed by atoms with Crippen molar-refractivity contribution in [3.05, 3.63) is 88.5 Å². The van der Waals surface area contributed by atoms with E-state index in [1.165, 1.54) is 24.3 Å². The normalized spacial score (nSPS) is 11.8. The Labute approximate surface area is 249 Å². The van der Waals surface area contributed by atoms with Gasteiger partial charge in [0.25, 0.3) is 5.69 Å². The first-order chi connectivity index (χ1) is 19.3. The van der Waals surface area contributed by atoms with Crippen LogP contribution in [-0.4, -0.2) is 53.0 Å². The standard InChI is InChI=1S/C10H14O3S.C10H14O2S.C9H11NO4S/c1-8(2)14(11,12)10-6-4-9(13-3)5-7-10;1-8(2)13(11,12)10-6-4-9(3)5-7-10;1-7(2)15(13,14)9-5-3-8(4-6-9)10(11)12/h4-8H,1-3H3;4-8H,1-3H3;3-7H,1-2H3. The van der Waals surface area contributed by atoms with Gasteiger partial charge in [0.15, 0.2) is 29.5 Å². The van der Waals surface area contributed by atoms with Gasteiger partial charge in [-0.25, -0.2) is 25.3 Å². The highest BCUT2D eigenvalue weighted by atomic mass is 32.2. The van der Waals surface area contributed by atoms with E-state index in [9.17, 15) is 35.4 Å². The van der Waals surface area contributed by atoms with Gasteiger partial charge in [-0.05, 0) is 97.0 Å². The van der Waals surface area contributed by atoms with Gasteiger partial charge in [0.05, 0.1) is 42.5 Å². The molecule has 0 spiro atoms. The van der Waals surface area contributed by atoms with Crippen LogP contribution in [0.5, 0.6) is 5.75 Å². The maximum Gasteiger partial charge on any atom is 0.269 e. The van der Waals surface area contributed by atoms with Crippen LogP contribution >= 0.6 is 0 Å². The van der Waals surface area contributed by atoms with Crippen LogP contribution in [0.3, 0.4) is 0 Å². The summed E-state index contributed by atoms with van der Waals surface area (Å²) < 4.78 is 74.9. The topological polar surface area (TPSA) is 155 Å². The number of aryl methyl sites for hydroxylation is 1. The van der Waals surface area contributed by atoms with Crippen molar-refractivity contribution in [3.8, 4) is 5.75 Å². The smallest absolute Gasteiger partial charge is 0.269 e. The van der Waals surface area contributed by atoms with Crippen molar-refractivity contribution < 1.29 is 34.9 Å². The number of hydrogen-bond acceptors (Lipinski definition) is 9. The van der Waals surface area contributed by atoms with Gasteiger partial charge in [-0.3, -0.25) is 10.1 Å². The number of sulfone groups is 3.